The highest BCUT2D eigenvalue weighted by Gasteiger charge is 2.17. The lowest BCUT2D eigenvalue weighted by molar-refractivity contribution is -0.149. The van der Waals surface area contributed by atoms with E-state index < -0.39 is 12.1 Å². The van der Waals surface area contributed by atoms with Crippen molar-refractivity contribution in [3.8, 4) is 29.1 Å². The van der Waals surface area contributed by atoms with Gasteiger partial charge in [-0.25, -0.2) is 4.79 Å². The largest absolute Gasteiger partial charge is 0.497 e. The molecule has 1 unspecified atom stereocenters. The van der Waals surface area contributed by atoms with Crippen molar-refractivity contribution in [3.63, 3.8) is 0 Å². The van der Waals surface area contributed by atoms with Crippen LogP contribution in [-0.2, 0) is 16.0 Å². The summed E-state index contributed by atoms with van der Waals surface area (Å²) in [4.78, 5) is 11.2. The number of carboxylic acids is 1. The van der Waals surface area contributed by atoms with Crippen molar-refractivity contribution < 1.29 is 28.8 Å². The van der Waals surface area contributed by atoms with Crippen LogP contribution < -0.4 is 14.2 Å². The Morgan fingerprint density at radius 1 is 1.06 bits per heavy atom. The molecule has 0 fully saturated rings. The number of rotatable bonds is 10. The molecule has 31 heavy (non-hydrogen) atoms. The third-order valence-electron chi connectivity index (χ3n) is 4.38. The number of methoxy groups -OCH3 is 2. The molecule has 2 aromatic carbocycles. The molecule has 0 saturated heterocycles. The van der Waals surface area contributed by atoms with Gasteiger partial charge in [-0.3, -0.25) is 0 Å². The highest BCUT2D eigenvalue weighted by Crippen LogP contribution is 2.22. The van der Waals surface area contributed by atoms with Crippen molar-refractivity contribution >= 4 is 5.97 Å². The summed E-state index contributed by atoms with van der Waals surface area (Å²) >= 11 is 0. The molecule has 0 heterocycles. The van der Waals surface area contributed by atoms with Crippen molar-refractivity contribution in [3.05, 3.63) is 65.2 Å². The first-order valence-corrected chi connectivity index (χ1v) is 9.93. The lowest BCUT2D eigenvalue weighted by atomic mass is 10.1. The van der Waals surface area contributed by atoms with Gasteiger partial charge in [0.15, 0.2) is 6.10 Å². The normalized spacial score (nSPS) is 11.8. The Morgan fingerprint density at radius 3 is 2.26 bits per heavy atom. The van der Waals surface area contributed by atoms with E-state index in [0.717, 1.165) is 16.7 Å². The number of hydrogen-bond acceptors (Lipinski definition) is 5. The van der Waals surface area contributed by atoms with Gasteiger partial charge in [0.1, 0.15) is 23.9 Å². The quantitative estimate of drug-likeness (QED) is 0.579. The highest BCUT2D eigenvalue weighted by atomic mass is 16.5. The molecule has 0 saturated carbocycles. The van der Waals surface area contributed by atoms with Crippen molar-refractivity contribution in [1.29, 1.82) is 0 Å². The van der Waals surface area contributed by atoms with E-state index in [-0.39, 0.29) is 0 Å². The number of ether oxygens (including phenoxy) is 4. The van der Waals surface area contributed by atoms with Gasteiger partial charge in [-0.15, -0.1) is 0 Å². The molecule has 6 heteroatoms. The van der Waals surface area contributed by atoms with E-state index in [1.807, 2.05) is 49.4 Å². The van der Waals surface area contributed by atoms with Gasteiger partial charge in [0.25, 0.3) is 0 Å². The van der Waals surface area contributed by atoms with Gasteiger partial charge in [0.05, 0.1) is 14.2 Å². The fourth-order valence-electron chi connectivity index (χ4n) is 2.72. The minimum absolute atomic E-state index is 0.313. The zero-order chi connectivity index (χ0) is 22.6. The molecule has 0 aliphatic carbocycles. The third kappa shape index (κ3) is 8.07. The second kappa shape index (κ2) is 12.3. The maximum absolute atomic E-state index is 11.2. The van der Waals surface area contributed by atoms with E-state index in [0.29, 0.717) is 36.9 Å². The summed E-state index contributed by atoms with van der Waals surface area (Å²) in [5.41, 5.74) is 2.55. The van der Waals surface area contributed by atoms with Gasteiger partial charge >= 0.3 is 5.97 Å². The molecule has 164 valence electrons. The van der Waals surface area contributed by atoms with Crippen molar-refractivity contribution in [1.82, 2.24) is 0 Å². The number of hydrogen-bond donors (Lipinski definition) is 1. The zero-order valence-electron chi connectivity index (χ0n) is 18.3. The van der Waals surface area contributed by atoms with Crippen molar-refractivity contribution in [2.24, 2.45) is 0 Å². The fourth-order valence-corrected chi connectivity index (χ4v) is 2.72. The molecule has 2 aromatic rings. The van der Waals surface area contributed by atoms with E-state index in [1.165, 1.54) is 0 Å². The lowest BCUT2D eigenvalue weighted by Crippen LogP contribution is -2.26. The summed E-state index contributed by atoms with van der Waals surface area (Å²) in [6, 6.07) is 12.8. The van der Waals surface area contributed by atoms with Crippen LogP contribution in [0.3, 0.4) is 0 Å². The smallest absolute Gasteiger partial charge is 0.333 e. The predicted molar refractivity (Wildman–Crippen MR) is 119 cm³/mol. The van der Waals surface area contributed by atoms with Crippen molar-refractivity contribution in [2.45, 2.75) is 26.4 Å². The summed E-state index contributed by atoms with van der Waals surface area (Å²) in [6.45, 7) is 4.42. The summed E-state index contributed by atoms with van der Waals surface area (Å²) in [5.74, 6) is 7.30. The number of carboxylic acid groups (broad SMARTS) is 1. The van der Waals surface area contributed by atoms with Gasteiger partial charge in [0, 0.05) is 24.7 Å². The van der Waals surface area contributed by atoms with E-state index >= 15 is 0 Å². The second-order valence-electron chi connectivity index (χ2n) is 6.68. The molecule has 0 bridgehead atoms. The summed E-state index contributed by atoms with van der Waals surface area (Å²) < 4.78 is 21.5. The average molecular weight is 424 g/mol. The minimum Gasteiger partial charge on any atom is -0.497 e. The Morgan fingerprint density at radius 2 is 1.71 bits per heavy atom. The van der Waals surface area contributed by atoms with Crippen LogP contribution in [0.15, 0.2) is 54.1 Å². The molecule has 0 aliphatic heterocycles. The Hall–Kier alpha value is -3.43. The first-order valence-electron chi connectivity index (χ1n) is 9.93. The third-order valence-corrected chi connectivity index (χ3v) is 4.38. The van der Waals surface area contributed by atoms with Gasteiger partial charge in [-0.2, -0.15) is 0 Å². The van der Waals surface area contributed by atoms with E-state index in [9.17, 15) is 9.90 Å². The van der Waals surface area contributed by atoms with E-state index in [1.54, 1.807) is 27.2 Å². The van der Waals surface area contributed by atoms with Crippen LogP contribution in [0.4, 0.5) is 0 Å². The summed E-state index contributed by atoms with van der Waals surface area (Å²) in [7, 11) is 3.20. The number of allylic oxidation sites excluding steroid dienone is 1. The SMILES string of the molecule is CCOC(Cc1ccc(OC/C=C(\C)C#Cc2cc(OC)cc(OC)c2)cc1)C(=O)O. The van der Waals surface area contributed by atoms with E-state index in [2.05, 4.69) is 11.8 Å². The summed E-state index contributed by atoms with van der Waals surface area (Å²) in [6.07, 6.45) is 1.37. The number of benzene rings is 2. The number of aliphatic carboxylic acids is 1. The predicted octanol–water partition coefficient (Wildman–Crippen LogP) is 4.11. The molecular weight excluding hydrogens is 396 g/mol. The molecule has 1 N–H and O–H groups in total. The number of carbonyl (C=O) groups is 1. The first kappa shape index (κ1) is 23.8. The lowest BCUT2D eigenvalue weighted by Gasteiger charge is -2.12. The van der Waals surface area contributed by atoms with Crippen LogP contribution in [0, 0.1) is 11.8 Å². The molecule has 6 nitrogen and oxygen atoms in total. The van der Waals surface area contributed by atoms with Crippen molar-refractivity contribution in [2.75, 3.05) is 27.4 Å². The van der Waals surface area contributed by atoms with Gasteiger partial charge < -0.3 is 24.1 Å². The Bertz CT molecular complexity index is 928. The fraction of sp³-hybridized carbons (Fsp3) is 0.320. The maximum Gasteiger partial charge on any atom is 0.333 e. The van der Waals surface area contributed by atoms with Gasteiger partial charge in [0.2, 0.25) is 0 Å². The van der Waals surface area contributed by atoms with Crippen LogP contribution in [0.2, 0.25) is 0 Å². The van der Waals surface area contributed by atoms with E-state index in [4.69, 9.17) is 18.9 Å². The Kier molecular flexibility index (Phi) is 9.47. The minimum atomic E-state index is -0.962. The Balaban J connectivity index is 1.93. The monoisotopic (exact) mass is 424 g/mol. The van der Waals surface area contributed by atoms with Gasteiger partial charge in [-0.1, -0.05) is 24.0 Å². The second-order valence-corrected chi connectivity index (χ2v) is 6.68. The standard InChI is InChI=1S/C25H28O6/c1-5-30-24(25(26)27)16-19-8-10-21(11-9-19)31-13-12-18(2)6-7-20-14-22(28-3)17-23(15-20)29-4/h8-12,14-15,17,24H,5,13,16H2,1-4H3,(H,26,27)/b18-12+. The molecular formula is C25H28O6. The first-order chi connectivity index (χ1) is 14.9. The molecule has 0 amide bonds. The van der Waals surface area contributed by atoms with Crippen LogP contribution >= 0.6 is 0 Å². The molecule has 0 aliphatic rings. The molecule has 0 spiro atoms. The topological polar surface area (TPSA) is 74.2 Å². The molecule has 2 rings (SSSR count). The molecule has 0 aromatic heterocycles. The average Bonchev–Trinajstić information content (AvgIpc) is 2.78. The molecule has 0 radical (unpaired) electrons. The Labute approximate surface area is 183 Å². The maximum atomic E-state index is 11.2. The van der Waals surface area contributed by atoms with Crippen LogP contribution in [-0.4, -0.2) is 44.6 Å². The van der Waals surface area contributed by atoms with Crippen LogP contribution in [0.5, 0.6) is 17.2 Å². The van der Waals surface area contributed by atoms with Crippen LogP contribution in [0.25, 0.3) is 0 Å². The van der Waals surface area contributed by atoms with Gasteiger partial charge in [-0.05, 0) is 55.3 Å². The molecule has 1 atom stereocenters. The summed E-state index contributed by atoms with van der Waals surface area (Å²) in [5, 5.41) is 9.18. The zero-order valence-corrected chi connectivity index (χ0v) is 18.3. The van der Waals surface area contributed by atoms with Crippen LogP contribution in [0.1, 0.15) is 25.0 Å². The highest BCUT2D eigenvalue weighted by molar-refractivity contribution is 5.72.